The Morgan fingerprint density at radius 2 is 1.97 bits per heavy atom. The third-order valence-corrected chi connectivity index (χ3v) is 6.08. The minimum absolute atomic E-state index is 0.209. The number of likely N-dealkylation sites (tertiary alicyclic amines) is 1. The third-order valence-electron chi connectivity index (χ3n) is 6.08. The van der Waals surface area contributed by atoms with Crippen molar-refractivity contribution in [2.75, 3.05) is 38.5 Å². The average Bonchev–Trinajstić information content (AvgIpc) is 2.71. The lowest BCUT2D eigenvalue weighted by atomic mass is 9.92. The molecule has 1 aromatic heterocycles. The van der Waals surface area contributed by atoms with Gasteiger partial charge in [-0.2, -0.15) is 0 Å². The van der Waals surface area contributed by atoms with Crippen LogP contribution in [0.4, 0.5) is 5.69 Å². The van der Waals surface area contributed by atoms with Gasteiger partial charge in [0.25, 0.3) is 0 Å². The maximum absolute atomic E-state index is 12.9. The van der Waals surface area contributed by atoms with E-state index in [0.717, 1.165) is 61.3 Å². The van der Waals surface area contributed by atoms with E-state index in [0.29, 0.717) is 13.0 Å². The molecule has 2 saturated heterocycles. The average molecular weight is 397 g/mol. The fraction of sp³-hybridized carbons (Fsp3) is 0.565. The van der Waals surface area contributed by atoms with Crippen LogP contribution in [0.15, 0.2) is 30.3 Å². The number of ether oxygens (including phenoxy) is 1. The number of nitrogen functional groups attached to an aromatic ring is 1. The van der Waals surface area contributed by atoms with Crippen LogP contribution in [0, 0.1) is 0 Å². The van der Waals surface area contributed by atoms with E-state index in [1.807, 2.05) is 35.2 Å². The minimum Gasteiger partial charge on any atom is -0.397 e. The second-order valence-corrected chi connectivity index (χ2v) is 8.60. The highest BCUT2D eigenvalue weighted by molar-refractivity contribution is 5.82. The number of morpholine rings is 1. The maximum atomic E-state index is 12.9. The van der Waals surface area contributed by atoms with Gasteiger partial charge < -0.3 is 15.4 Å². The Kier molecular flexibility index (Phi) is 6.01. The predicted molar refractivity (Wildman–Crippen MR) is 116 cm³/mol. The molecular formula is C23H32N4O2. The van der Waals surface area contributed by atoms with Crippen molar-refractivity contribution >= 4 is 22.5 Å². The topological polar surface area (TPSA) is 71.7 Å². The van der Waals surface area contributed by atoms with Gasteiger partial charge in [-0.1, -0.05) is 18.2 Å². The van der Waals surface area contributed by atoms with Crippen molar-refractivity contribution in [3.63, 3.8) is 0 Å². The first kappa shape index (κ1) is 20.1. The van der Waals surface area contributed by atoms with Gasteiger partial charge in [0.2, 0.25) is 5.91 Å². The number of benzene rings is 1. The molecule has 1 amide bonds. The van der Waals surface area contributed by atoms with Gasteiger partial charge in [0.1, 0.15) is 0 Å². The van der Waals surface area contributed by atoms with Crippen LogP contribution in [0.5, 0.6) is 0 Å². The summed E-state index contributed by atoms with van der Waals surface area (Å²) in [4.78, 5) is 22.1. The number of carbonyl (C=O) groups is 1. The molecule has 0 saturated carbocycles. The molecule has 6 nitrogen and oxygen atoms in total. The fourth-order valence-corrected chi connectivity index (χ4v) is 4.78. The Labute approximate surface area is 173 Å². The standard InChI is InChI=1S/C23H32N4O2/c1-16-13-26(14-17(2)29-16)11-9-22(28)27-10-5-7-19(15-27)23-20(24)12-18-6-3-4-8-21(18)25-23/h3-4,6,8,12,16-17,19H,5,7,9-11,13-15,24H2,1-2H3/t16-,17-,19-/m0/s1. The van der Waals surface area contributed by atoms with Gasteiger partial charge in [0.15, 0.2) is 0 Å². The summed E-state index contributed by atoms with van der Waals surface area (Å²) in [6.45, 7) is 8.34. The number of anilines is 1. The second-order valence-electron chi connectivity index (χ2n) is 8.60. The van der Waals surface area contributed by atoms with Crippen LogP contribution in [-0.2, 0) is 9.53 Å². The molecule has 2 fully saturated rings. The van der Waals surface area contributed by atoms with Crippen LogP contribution < -0.4 is 5.73 Å². The molecule has 4 rings (SSSR count). The highest BCUT2D eigenvalue weighted by Gasteiger charge is 2.28. The molecule has 0 spiro atoms. The van der Waals surface area contributed by atoms with Crippen molar-refractivity contribution in [1.82, 2.24) is 14.8 Å². The summed E-state index contributed by atoms with van der Waals surface area (Å²) in [6.07, 6.45) is 3.05. The summed E-state index contributed by atoms with van der Waals surface area (Å²) in [5.41, 5.74) is 8.98. The normalized spacial score (nSPS) is 26.0. The summed E-state index contributed by atoms with van der Waals surface area (Å²) < 4.78 is 5.79. The Balaban J connectivity index is 1.39. The van der Waals surface area contributed by atoms with E-state index >= 15 is 0 Å². The molecule has 0 bridgehead atoms. The second kappa shape index (κ2) is 8.67. The zero-order valence-corrected chi connectivity index (χ0v) is 17.5. The van der Waals surface area contributed by atoms with Gasteiger partial charge in [-0.3, -0.25) is 14.7 Å². The molecule has 2 aliphatic heterocycles. The molecule has 0 radical (unpaired) electrons. The van der Waals surface area contributed by atoms with Gasteiger partial charge in [0.05, 0.1) is 29.1 Å². The van der Waals surface area contributed by atoms with Crippen molar-refractivity contribution in [3.8, 4) is 0 Å². The van der Waals surface area contributed by atoms with Gasteiger partial charge >= 0.3 is 0 Å². The van der Waals surface area contributed by atoms with E-state index < -0.39 is 0 Å². The molecule has 0 unspecified atom stereocenters. The van der Waals surface area contributed by atoms with E-state index in [1.54, 1.807) is 0 Å². The monoisotopic (exact) mass is 396 g/mol. The maximum Gasteiger partial charge on any atom is 0.223 e. The van der Waals surface area contributed by atoms with Gasteiger partial charge in [-0.15, -0.1) is 0 Å². The smallest absolute Gasteiger partial charge is 0.223 e. The lowest BCUT2D eigenvalue weighted by molar-refractivity contribution is -0.133. The summed E-state index contributed by atoms with van der Waals surface area (Å²) in [6, 6.07) is 10.1. The van der Waals surface area contributed by atoms with Crippen molar-refractivity contribution in [1.29, 1.82) is 0 Å². The van der Waals surface area contributed by atoms with E-state index in [-0.39, 0.29) is 24.0 Å². The number of pyridine rings is 1. The molecular weight excluding hydrogens is 364 g/mol. The lowest BCUT2D eigenvalue weighted by Gasteiger charge is -2.36. The van der Waals surface area contributed by atoms with Crippen molar-refractivity contribution < 1.29 is 9.53 Å². The number of nitrogens with zero attached hydrogens (tertiary/aromatic N) is 3. The Hall–Kier alpha value is -2.18. The zero-order valence-electron chi connectivity index (χ0n) is 17.5. The summed E-state index contributed by atoms with van der Waals surface area (Å²) in [5, 5.41) is 1.06. The number of nitrogens with two attached hydrogens (primary N) is 1. The summed E-state index contributed by atoms with van der Waals surface area (Å²) >= 11 is 0. The van der Waals surface area contributed by atoms with Crippen molar-refractivity contribution in [3.05, 3.63) is 36.0 Å². The van der Waals surface area contributed by atoms with Crippen molar-refractivity contribution in [2.45, 2.75) is 51.2 Å². The highest BCUT2D eigenvalue weighted by atomic mass is 16.5. The van der Waals surface area contributed by atoms with Crippen LogP contribution >= 0.6 is 0 Å². The van der Waals surface area contributed by atoms with Crippen LogP contribution in [-0.4, -0.2) is 65.6 Å². The van der Waals surface area contributed by atoms with E-state index in [2.05, 4.69) is 18.7 Å². The fourth-order valence-electron chi connectivity index (χ4n) is 4.78. The highest BCUT2D eigenvalue weighted by Crippen LogP contribution is 2.31. The third kappa shape index (κ3) is 4.70. The molecule has 3 heterocycles. The van der Waals surface area contributed by atoms with E-state index in [4.69, 9.17) is 15.5 Å². The molecule has 2 aliphatic rings. The number of piperidine rings is 1. The predicted octanol–water partition coefficient (Wildman–Crippen LogP) is 3.02. The Bertz CT molecular complexity index is 861. The quantitative estimate of drug-likeness (QED) is 0.860. The molecule has 1 aromatic carbocycles. The van der Waals surface area contributed by atoms with Crippen molar-refractivity contribution in [2.24, 2.45) is 0 Å². The molecule has 2 N–H and O–H groups in total. The number of hydrogen-bond acceptors (Lipinski definition) is 5. The molecule has 2 aromatic rings. The van der Waals surface area contributed by atoms with Gasteiger partial charge in [-0.25, -0.2) is 0 Å². The van der Waals surface area contributed by atoms with E-state index in [1.165, 1.54) is 0 Å². The lowest BCUT2D eigenvalue weighted by Crippen LogP contribution is -2.47. The summed E-state index contributed by atoms with van der Waals surface area (Å²) in [5.74, 6) is 0.446. The largest absolute Gasteiger partial charge is 0.397 e. The zero-order chi connectivity index (χ0) is 20.4. The first-order valence-electron chi connectivity index (χ1n) is 10.8. The number of hydrogen-bond donors (Lipinski definition) is 1. The first-order chi connectivity index (χ1) is 14.0. The first-order valence-corrected chi connectivity index (χ1v) is 10.8. The molecule has 6 heteroatoms. The van der Waals surface area contributed by atoms with Crippen LogP contribution in [0.3, 0.4) is 0 Å². The minimum atomic E-state index is 0.209. The van der Waals surface area contributed by atoms with Gasteiger partial charge in [0, 0.05) is 50.4 Å². The SMILES string of the molecule is C[C@H]1CN(CCC(=O)N2CCC[C@H](c3nc4ccccc4cc3N)C2)C[C@H](C)O1. The number of carbonyl (C=O) groups excluding carboxylic acids is 1. The number of rotatable bonds is 4. The summed E-state index contributed by atoms with van der Waals surface area (Å²) in [7, 11) is 0. The number of amides is 1. The van der Waals surface area contributed by atoms with Gasteiger partial charge in [-0.05, 0) is 38.8 Å². The van der Waals surface area contributed by atoms with Crippen LogP contribution in [0.1, 0.15) is 44.7 Å². The molecule has 3 atom stereocenters. The van der Waals surface area contributed by atoms with Crippen LogP contribution in [0.2, 0.25) is 0 Å². The number of para-hydroxylation sites is 1. The number of fused-ring (bicyclic) bond motifs is 1. The molecule has 156 valence electrons. The molecule has 0 aliphatic carbocycles. The Morgan fingerprint density at radius 1 is 1.21 bits per heavy atom. The molecule has 29 heavy (non-hydrogen) atoms. The van der Waals surface area contributed by atoms with E-state index in [9.17, 15) is 4.79 Å². The van der Waals surface area contributed by atoms with Crippen LogP contribution in [0.25, 0.3) is 10.9 Å². The Morgan fingerprint density at radius 3 is 2.76 bits per heavy atom. The number of aromatic nitrogens is 1.